The smallest absolute Gasteiger partial charge is 0.343 e. The molecule has 2 amide bonds. The summed E-state index contributed by atoms with van der Waals surface area (Å²) in [4.78, 5) is 29.0. The molecule has 2 aromatic heterocycles. The fourth-order valence-electron chi connectivity index (χ4n) is 3.46. The van der Waals surface area contributed by atoms with E-state index in [1.54, 1.807) is 29.8 Å². The van der Waals surface area contributed by atoms with Crippen LogP contribution in [0.15, 0.2) is 67.0 Å². The molecular formula is C25H25N5O3. The minimum Gasteiger partial charge on any atom is -0.462 e. The number of carbonyl (C=O) groups is 2. The third-order valence-corrected chi connectivity index (χ3v) is 5.15. The molecule has 0 atom stereocenters. The molecule has 33 heavy (non-hydrogen) atoms. The standard InChI is InChI=1S/C25H25N5O3/c1-4-33-24(31)21-15-27-30-22(12-13-26-23(21)30)18-6-5-7-20(14-18)29-25(32)28-19-10-8-17(9-11-19)16(2)3/h5-16H,4H2,1-3H3,(H2,28,29,32). The second-order valence-corrected chi connectivity index (χ2v) is 7.78. The molecule has 8 heteroatoms. The predicted molar refractivity (Wildman–Crippen MR) is 128 cm³/mol. The van der Waals surface area contributed by atoms with E-state index in [0.717, 1.165) is 11.3 Å². The fraction of sp³-hybridized carbons (Fsp3) is 0.200. The Morgan fingerprint density at radius 2 is 1.79 bits per heavy atom. The van der Waals surface area contributed by atoms with Gasteiger partial charge in [-0.25, -0.2) is 19.1 Å². The van der Waals surface area contributed by atoms with Crippen molar-refractivity contribution in [2.24, 2.45) is 0 Å². The molecule has 8 nitrogen and oxygen atoms in total. The van der Waals surface area contributed by atoms with Gasteiger partial charge in [0.15, 0.2) is 5.65 Å². The third kappa shape index (κ3) is 4.85. The van der Waals surface area contributed by atoms with Crippen LogP contribution < -0.4 is 10.6 Å². The first-order valence-electron chi connectivity index (χ1n) is 10.7. The van der Waals surface area contributed by atoms with Gasteiger partial charge in [0.05, 0.1) is 18.5 Å². The molecule has 0 fully saturated rings. The molecule has 0 saturated heterocycles. The number of amides is 2. The number of ether oxygens (including phenoxy) is 1. The maximum atomic E-state index is 12.5. The molecule has 0 spiro atoms. The van der Waals surface area contributed by atoms with Crippen LogP contribution in [0.3, 0.4) is 0 Å². The highest BCUT2D eigenvalue weighted by molar-refractivity contribution is 6.00. The lowest BCUT2D eigenvalue weighted by Crippen LogP contribution is -2.19. The molecule has 0 aliphatic heterocycles. The first-order chi connectivity index (χ1) is 16.0. The maximum absolute atomic E-state index is 12.5. The second-order valence-electron chi connectivity index (χ2n) is 7.78. The van der Waals surface area contributed by atoms with E-state index in [9.17, 15) is 9.59 Å². The topological polar surface area (TPSA) is 97.6 Å². The Bertz CT molecular complexity index is 1300. The Morgan fingerprint density at radius 3 is 2.52 bits per heavy atom. The van der Waals surface area contributed by atoms with Crippen molar-refractivity contribution in [2.75, 3.05) is 17.2 Å². The van der Waals surface area contributed by atoms with E-state index in [1.807, 2.05) is 42.5 Å². The molecule has 0 unspecified atom stereocenters. The molecule has 0 aliphatic rings. The average Bonchev–Trinajstić information content (AvgIpc) is 3.24. The van der Waals surface area contributed by atoms with Gasteiger partial charge in [-0.15, -0.1) is 0 Å². The molecule has 2 N–H and O–H groups in total. The highest BCUT2D eigenvalue weighted by Gasteiger charge is 2.17. The van der Waals surface area contributed by atoms with E-state index in [0.29, 0.717) is 28.5 Å². The number of carbonyl (C=O) groups excluding carboxylic acids is 2. The summed E-state index contributed by atoms with van der Waals surface area (Å²) < 4.78 is 6.67. The Hall–Kier alpha value is -4.20. The summed E-state index contributed by atoms with van der Waals surface area (Å²) in [5.41, 5.74) is 4.78. The van der Waals surface area contributed by atoms with Crippen LogP contribution in [0.4, 0.5) is 16.2 Å². The van der Waals surface area contributed by atoms with Crippen LogP contribution in [0.5, 0.6) is 0 Å². The molecule has 168 valence electrons. The van der Waals surface area contributed by atoms with Gasteiger partial charge in [-0.05, 0) is 48.7 Å². The zero-order valence-corrected chi connectivity index (χ0v) is 18.7. The van der Waals surface area contributed by atoms with E-state index in [4.69, 9.17) is 4.74 Å². The highest BCUT2D eigenvalue weighted by atomic mass is 16.5. The van der Waals surface area contributed by atoms with Crippen LogP contribution in [0.2, 0.25) is 0 Å². The Morgan fingerprint density at radius 1 is 1.03 bits per heavy atom. The second kappa shape index (κ2) is 9.52. The van der Waals surface area contributed by atoms with Gasteiger partial charge in [-0.2, -0.15) is 5.10 Å². The van der Waals surface area contributed by atoms with E-state index in [1.165, 1.54) is 11.8 Å². The fourth-order valence-corrected chi connectivity index (χ4v) is 3.46. The number of rotatable bonds is 6. The van der Waals surface area contributed by atoms with Crippen molar-refractivity contribution in [3.63, 3.8) is 0 Å². The van der Waals surface area contributed by atoms with Crippen LogP contribution in [-0.2, 0) is 4.74 Å². The van der Waals surface area contributed by atoms with E-state index in [-0.39, 0.29) is 12.6 Å². The molecule has 2 aromatic carbocycles. The van der Waals surface area contributed by atoms with Crippen LogP contribution in [0, 0.1) is 0 Å². The van der Waals surface area contributed by atoms with E-state index in [2.05, 4.69) is 34.6 Å². The van der Waals surface area contributed by atoms with Gasteiger partial charge in [0.25, 0.3) is 0 Å². The molecular weight excluding hydrogens is 418 g/mol. The Labute approximate surface area is 191 Å². The monoisotopic (exact) mass is 443 g/mol. The number of hydrogen-bond acceptors (Lipinski definition) is 5. The van der Waals surface area contributed by atoms with Crippen molar-refractivity contribution in [2.45, 2.75) is 26.7 Å². The Balaban J connectivity index is 1.54. The minimum absolute atomic E-state index is 0.271. The number of fused-ring (bicyclic) bond motifs is 1. The number of nitrogens with one attached hydrogen (secondary N) is 2. The van der Waals surface area contributed by atoms with E-state index < -0.39 is 5.97 Å². The van der Waals surface area contributed by atoms with Crippen molar-refractivity contribution in [1.29, 1.82) is 0 Å². The lowest BCUT2D eigenvalue weighted by Gasteiger charge is -2.11. The summed E-state index contributed by atoms with van der Waals surface area (Å²) >= 11 is 0. The van der Waals surface area contributed by atoms with Crippen molar-refractivity contribution >= 4 is 29.0 Å². The molecule has 0 bridgehead atoms. The normalized spacial score (nSPS) is 10.9. The molecule has 0 aliphatic carbocycles. The predicted octanol–water partition coefficient (Wildman–Crippen LogP) is 5.34. The lowest BCUT2D eigenvalue weighted by atomic mass is 10.0. The maximum Gasteiger partial charge on any atom is 0.343 e. The van der Waals surface area contributed by atoms with Gasteiger partial charge >= 0.3 is 12.0 Å². The molecule has 4 rings (SSSR count). The van der Waals surface area contributed by atoms with Crippen LogP contribution in [0.25, 0.3) is 16.9 Å². The quantitative estimate of drug-likeness (QED) is 0.392. The first kappa shape index (κ1) is 22.0. The van der Waals surface area contributed by atoms with Gasteiger partial charge in [0, 0.05) is 23.1 Å². The molecule has 0 saturated carbocycles. The summed E-state index contributed by atoms with van der Waals surface area (Å²) in [7, 11) is 0. The van der Waals surface area contributed by atoms with Crippen molar-refractivity contribution in [3.8, 4) is 11.3 Å². The molecule has 2 heterocycles. The lowest BCUT2D eigenvalue weighted by molar-refractivity contribution is 0.0528. The summed E-state index contributed by atoms with van der Waals surface area (Å²) in [6.07, 6.45) is 3.06. The number of urea groups is 1. The van der Waals surface area contributed by atoms with Gasteiger partial charge in [-0.3, -0.25) is 0 Å². The summed E-state index contributed by atoms with van der Waals surface area (Å²) in [5.74, 6) is -0.0379. The minimum atomic E-state index is -0.467. The van der Waals surface area contributed by atoms with Crippen molar-refractivity contribution in [3.05, 3.63) is 78.1 Å². The summed E-state index contributed by atoms with van der Waals surface area (Å²) in [6.45, 7) is 6.27. The van der Waals surface area contributed by atoms with Crippen LogP contribution in [0.1, 0.15) is 42.6 Å². The molecule has 0 radical (unpaired) electrons. The number of benzene rings is 2. The van der Waals surface area contributed by atoms with Crippen molar-refractivity contribution < 1.29 is 14.3 Å². The first-order valence-corrected chi connectivity index (χ1v) is 10.7. The van der Waals surface area contributed by atoms with Gasteiger partial charge < -0.3 is 15.4 Å². The highest BCUT2D eigenvalue weighted by Crippen LogP contribution is 2.24. The Kier molecular flexibility index (Phi) is 6.35. The van der Waals surface area contributed by atoms with Crippen molar-refractivity contribution in [1.82, 2.24) is 14.6 Å². The number of esters is 1. The summed E-state index contributed by atoms with van der Waals surface area (Å²) in [6, 6.07) is 16.6. The summed E-state index contributed by atoms with van der Waals surface area (Å²) in [5, 5.41) is 10.0. The number of anilines is 2. The zero-order valence-electron chi connectivity index (χ0n) is 18.7. The van der Waals surface area contributed by atoms with Gasteiger partial charge in [0.2, 0.25) is 0 Å². The van der Waals surface area contributed by atoms with Gasteiger partial charge in [-0.1, -0.05) is 38.1 Å². The van der Waals surface area contributed by atoms with Crippen LogP contribution >= 0.6 is 0 Å². The SMILES string of the molecule is CCOC(=O)c1cnn2c(-c3cccc(NC(=O)Nc4ccc(C(C)C)cc4)c3)ccnc12. The number of hydrogen-bond donors (Lipinski definition) is 2. The van der Waals surface area contributed by atoms with Gasteiger partial charge in [0.1, 0.15) is 5.56 Å². The number of aromatic nitrogens is 3. The van der Waals surface area contributed by atoms with E-state index >= 15 is 0 Å². The number of nitrogens with zero attached hydrogens (tertiary/aromatic N) is 3. The molecule has 4 aromatic rings. The third-order valence-electron chi connectivity index (χ3n) is 5.15. The average molecular weight is 444 g/mol. The zero-order chi connectivity index (χ0) is 23.4. The largest absolute Gasteiger partial charge is 0.462 e. The van der Waals surface area contributed by atoms with Crippen LogP contribution in [-0.4, -0.2) is 33.2 Å².